The molecule has 0 spiro atoms. The van der Waals surface area contributed by atoms with Gasteiger partial charge in [-0.3, -0.25) is 24.5 Å². The van der Waals surface area contributed by atoms with Crippen molar-refractivity contribution in [1.82, 2.24) is 19.7 Å². The first kappa shape index (κ1) is 22.9. The van der Waals surface area contributed by atoms with Crippen LogP contribution in [0.2, 0.25) is 0 Å². The smallest absolute Gasteiger partial charge is 0.292 e. The van der Waals surface area contributed by atoms with Crippen molar-refractivity contribution < 1.29 is 14.5 Å². The van der Waals surface area contributed by atoms with Gasteiger partial charge in [-0.15, -0.1) is 10.2 Å². The lowest BCUT2D eigenvalue weighted by atomic mass is 10.2. The first-order chi connectivity index (χ1) is 16.6. The molecule has 4 aromatic rings. The van der Waals surface area contributed by atoms with Gasteiger partial charge in [0.25, 0.3) is 5.69 Å². The summed E-state index contributed by atoms with van der Waals surface area (Å²) in [7, 11) is 0. The molecule has 10 nitrogen and oxygen atoms in total. The molecule has 11 heteroatoms. The first-order valence-corrected chi connectivity index (χ1v) is 11.3. The number of nitrogens with one attached hydrogen (secondary N) is 1. The predicted molar refractivity (Wildman–Crippen MR) is 128 cm³/mol. The zero-order valence-corrected chi connectivity index (χ0v) is 18.9. The standard InChI is InChI=1S/C23H20N6O4S/c1-2-33-18-9-7-17(8-10-18)28-22(16-11-13-24-14-12-16)26-27-23(28)34-15-21(30)25-19-5-3-4-6-20(19)29(31)32/h3-14H,2,15H2,1H3,(H,25,30). The fourth-order valence-corrected chi connectivity index (χ4v) is 3.95. The molecule has 0 saturated heterocycles. The minimum atomic E-state index is -0.535. The van der Waals surface area contributed by atoms with Crippen LogP contribution in [0.3, 0.4) is 0 Å². The second kappa shape index (κ2) is 10.6. The zero-order valence-electron chi connectivity index (χ0n) is 18.1. The number of rotatable bonds is 9. The summed E-state index contributed by atoms with van der Waals surface area (Å²) in [6.45, 7) is 2.48. The number of hydrogen-bond donors (Lipinski definition) is 1. The van der Waals surface area contributed by atoms with Crippen molar-refractivity contribution >= 4 is 29.0 Å². The Bertz CT molecular complexity index is 1290. The monoisotopic (exact) mass is 476 g/mol. The van der Waals surface area contributed by atoms with Crippen LogP contribution in [0, 0.1) is 10.1 Å². The van der Waals surface area contributed by atoms with E-state index in [-0.39, 0.29) is 17.1 Å². The first-order valence-electron chi connectivity index (χ1n) is 10.3. The van der Waals surface area contributed by atoms with Crippen LogP contribution < -0.4 is 10.1 Å². The average Bonchev–Trinajstić information content (AvgIpc) is 3.28. The summed E-state index contributed by atoms with van der Waals surface area (Å²) in [5.74, 6) is 0.916. The number of nitro groups is 1. The Balaban J connectivity index is 1.59. The topological polar surface area (TPSA) is 125 Å². The molecule has 2 heterocycles. The number of benzene rings is 2. The molecule has 1 N–H and O–H groups in total. The zero-order chi connectivity index (χ0) is 23.9. The molecular weight excluding hydrogens is 456 g/mol. The molecule has 0 atom stereocenters. The second-order valence-electron chi connectivity index (χ2n) is 6.92. The number of hydrogen-bond acceptors (Lipinski definition) is 8. The van der Waals surface area contributed by atoms with Gasteiger partial charge in [0.1, 0.15) is 11.4 Å². The Morgan fingerprint density at radius 2 is 1.82 bits per heavy atom. The van der Waals surface area contributed by atoms with Crippen LogP contribution in [0.1, 0.15) is 6.92 Å². The maximum Gasteiger partial charge on any atom is 0.292 e. The number of ether oxygens (including phenoxy) is 1. The highest BCUT2D eigenvalue weighted by Crippen LogP contribution is 2.29. The third-order valence-electron chi connectivity index (χ3n) is 4.68. The van der Waals surface area contributed by atoms with Gasteiger partial charge in [0.05, 0.1) is 17.3 Å². The van der Waals surface area contributed by atoms with Crippen LogP contribution in [-0.4, -0.2) is 42.9 Å². The van der Waals surface area contributed by atoms with Crippen molar-refractivity contribution in [3.8, 4) is 22.8 Å². The number of pyridine rings is 1. The largest absolute Gasteiger partial charge is 0.494 e. The predicted octanol–water partition coefficient (Wildman–Crippen LogP) is 4.37. The number of nitro benzene ring substituents is 1. The number of nitrogens with zero attached hydrogens (tertiary/aromatic N) is 5. The Labute approximate surface area is 199 Å². The van der Waals surface area contributed by atoms with Gasteiger partial charge in [0, 0.05) is 29.7 Å². The molecule has 0 saturated carbocycles. The molecule has 172 valence electrons. The van der Waals surface area contributed by atoms with Gasteiger partial charge < -0.3 is 10.1 Å². The van der Waals surface area contributed by atoms with Crippen molar-refractivity contribution in [2.45, 2.75) is 12.1 Å². The quantitative estimate of drug-likeness (QED) is 0.214. The second-order valence-corrected chi connectivity index (χ2v) is 7.86. The van der Waals surface area contributed by atoms with Crippen molar-refractivity contribution in [3.05, 3.63) is 83.2 Å². The van der Waals surface area contributed by atoms with E-state index in [1.807, 2.05) is 47.9 Å². The van der Waals surface area contributed by atoms with E-state index in [9.17, 15) is 14.9 Å². The lowest BCUT2D eigenvalue weighted by Gasteiger charge is -2.11. The Hall–Kier alpha value is -4.25. The summed E-state index contributed by atoms with van der Waals surface area (Å²) >= 11 is 1.17. The third kappa shape index (κ3) is 5.21. The number of amides is 1. The highest BCUT2D eigenvalue weighted by molar-refractivity contribution is 7.99. The number of carbonyl (C=O) groups is 1. The molecule has 2 aromatic heterocycles. The van der Waals surface area contributed by atoms with Gasteiger partial charge in [0.2, 0.25) is 5.91 Å². The van der Waals surface area contributed by atoms with Crippen LogP contribution in [0.15, 0.2) is 78.2 Å². The summed E-state index contributed by atoms with van der Waals surface area (Å²) in [4.78, 5) is 27.3. The molecule has 0 fully saturated rings. The molecule has 0 bridgehead atoms. The maximum atomic E-state index is 12.6. The molecule has 0 aliphatic heterocycles. The summed E-state index contributed by atoms with van der Waals surface area (Å²) in [5, 5.41) is 22.9. The van der Waals surface area contributed by atoms with Crippen molar-refractivity contribution in [2.24, 2.45) is 0 Å². The SMILES string of the molecule is CCOc1ccc(-n2c(SCC(=O)Nc3ccccc3[N+](=O)[O-])nnc2-c2ccncc2)cc1. The van der Waals surface area contributed by atoms with Crippen LogP contribution in [0.25, 0.3) is 17.1 Å². The number of para-hydroxylation sites is 2. The van der Waals surface area contributed by atoms with Crippen LogP contribution in [0.5, 0.6) is 5.75 Å². The van der Waals surface area contributed by atoms with E-state index in [1.165, 1.54) is 23.9 Å². The number of carbonyl (C=O) groups excluding carboxylic acids is 1. The highest BCUT2D eigenvalue weighted by atomic mass is 32.2. The summed E-state index contributed by atoms with van der Waals surface area (Å²) < 4.78 is 7.37. The summed E-state index contributed by atoms with van der Waals surface area (Å²) in [6.07, 6.45) is 3.33. The van der Waals surface area contributed by atoms with E-state index in [0.717, 1.165) is 17.0 Å². The fourth-order valence-electron chi connectivity index (χ4n) is 3.20. The van der Waals surface area contributed by atoms with Crippen LogP contribution in [0.4, 0.5) is 11.4 Å². The van der Waals surface area contributed by atoms with Crippen molar-refractivity contribution in [2.75, 3.05) is 17.7 Å². The molecule has 0 radical (unpaired) electrons. The molecular formula is C23H20N6O4S. The third-order valence-corrected chi connectivity index (χ3v) is 5.61. The molecule has 0 aliphatic rings. The summed E-state index contributed by atoms with van der Waals surface area (Å²) in [5.41, 5.74) is 1.58. The van der Waals surface area contributed by atoms with E-state index in [1.54, 1.807) is 24.5 Å². The van der Waals surface area contributed by atoms with Crippen molar-refractivity contribution in [3.63, 3.8) is 0 Å². The van der Waals surface area contributed by atoms with Gasteiger partial charge >= 0.3 is 0 Å². The van der Waals surface area contributed by atoms with Gasteiger partial charge in [0.15, 0.2) is 11.0 Å². The van der Waals surface area contributed by atoms with E-state index in [4.69, 9.17) is 4.74 Å². The lowest BCUT2D eigenvalue weighted by Crippen LogP contribution is -2.15. The molecule has 2 aromatic carbocycles. The minimum Gasteiger partial charge on any atom is -0.494 e. The molecule has 4 rings (SSSR count). The molecule has 34 heavy (non-hydrogen) atoms. The van der Waals surface area contributed by atoms with Crippen LogP contribution in [-0.2, 0) is 4.79 Å². The van der Waals surface area contributed by atoms with Crippen LogP contribution >= 0.6 is 11.8 Å². The number of thioether (sulfide) groups is 1. The number of anilines is 1. The van der Waals surface area contributed by atoms with Gasteiger partial charge in [-0.05, 0) is 49.4 Å². The van der Waals surface area contributed by atoms with E-state index in [0.29, 0.717) is 17.6 Å². The van der Waals surface area contributed by atoms with Gasteiger partial charge in [-0.25, -0.2) is 0 Å². The minimum absolute atomic E-state index is 0.0163. The molecule has 0 unspecified atom stereocenters. The Morgan fingerprint density at radius 1 is 1.09 bits per heavy atom. The molecule has 0 aliphatic carbocycles. The Morgan fingerprint density at radius 3 is 2.53 bits per heavy atom. The van der Waals surface area contributed by atoms with E-state index < -0.39 is 10.8 Å². The van der Waals surface area contributed by atoms with Gasteiger partial charge in [-0.2, -0.15) is 0 Å². The lowest BCUT2D eigenvalue weighted by molar-refractivity contribution is -0.383. The highest BCUT2D eigenvalue weighted by Gasteiger charge is 2.19. The fraction of sp³-hybridized carbons (Fsp3) is 0.130. The van der Waals surface area contributed by atoms with Crippen molar-refractivity contribution in [1.29, 1.82) is 0 Å². The normalized spacial score (nSPS) is 10.6. The van der Waals surface area contributed by atoms with E-state index in [2.05, 4.69) is 20.5 Å². The van der Waals surface area contributed by atoms with E-state index >= 15 is 0 Å². The average molecular weight is 477 g/mol. The molecule has 1 amide bonds. The van der Waals surface area contributed by atoms with Gasteiger partial charge in [-0.1, -0.05) is 23.9 Å². The Kier molecular flexibility index (Phi) is 7.13. The number of aromatic nitrogens is 4. The summed E-state index contributed by atoms with van der Waals surface area (Å²) in [6, 6.07) is 17.1. The maximum absolute atomic E-state index is 12.6.